The second kappa shape index (κ2) is 6.51. The van der Waals surface area contributed by atoms with Crippen molar-refractivity contribution >= 4 is 23.2 Å². The summed E-state index contributed by atoms with van der Waals surface area (Å²) in [5.41, 5.74) is 7.16. The first-order valence-corrected chi connectivity index (χ1v) is 7.83. The summed E-state index contributed by atoms with van der Waals surface area (Å²) >= 11 is 5.25. The summed E-state index contributed by atoms with van der Waals surface area (Å²) < 4.78 is 0. The fourth-order valence-electron chi connectivity index (χ4n) is 3.13. The molecule has 5 nitrogen and oxygen atoms in total. The van der Waals surface area contributed by atoms with Crippen LogP contribution in [0.2, 0.25) is 0 Å². The average Bonchev–Trinajstić information content (AvgIpc) is 2.91. The van der Waals surface area contributed by atoms with E-state index < -0.39 is 0 Å². The molecular weight excluding hydrogens is 284 g/mol. The molecule has 6 heteroatoms. The van der Waals surface area contributed by atoms with Gasteiger partial charge in [0.2, 0.25) is 0 Å². The molecule has 1 aliphatic carbocycles. The van der Waals surface area contributed by atoms with Crippen LogP contribution in [0, 0.1) is 5.92 Å². The van der Waals surface area contributed by atoms with Gasteiger partial charge in [-0.1, -0.05) is 31.0 Å². The Kier molecular flexibility index (Phi) is 4.48. The van der Waals surface area contributed by atoms with Crippen molar-refractivity contribution in [1.82, 2.24) is 21.5 Å². The predicted molar refractivity (Wildman–Crippen MR) is 85.4 cm³/mol. The zero-order chi connectivity index (χ0) is 14.7. The molecule has 0 spiro atoms. The third-order valence-electron chi connectivity index (χ3n) is 4.22. The van der Waals surface area contributed by atoms with Crippen molar-refractivity contribution in [2.24, 2.45) is 5.92 Å². The number of carbonyl (C=O) groups excluding carboxylic acids is 1. The maximum Gasteiger partial charge on any atom is 0.257 e. The number of rotatable bonds is 2. The SMILES string of the molecule is O=C(NC(=S)NC1NNC2CCCCC21)c1ccccc1. The molecule has 1 saturated heterocycles. The lowest BCUT2D eigenvalue weighted by Gasteiger charge is -2.28. The van der Waals surface area contributed by atoms with Crippen molar-refractivity contribution in [2.45, 2.75) is 37.9 Å². The highest BCUT2D eigenvalue weighted by atomic mass is 32.1. The fraction of sp³-hybridized carbons (Fsp3) is 0.467. The fourth-order valence-corrected chi connectivity index (χ4v) is 3.35. The Morgan fingerprint density at radius 3 is 2.71 bits per heavy atom. The van der Waals surface area contributed by atoms with E-state index in [0.29, 0.717) is 22.6 Å². The number of hydrogen-bond acceptors (Lipinski definition) is 4. The molecule has 3 unspecified atom stereocenters. The number of nitrogens with one attached hydrogen (secondary N) is 4. The topological polar surface area (TPSA) is 65.2 Å². The van der Waals surface area contributed by atoms with Crippen molar-refractivity contribution in [3.63, 3.8) is 0 Å². The number of carbonyl (C=O) groups is 1. The van der Waals surface area contributed by atoms with Gasteiger partial charge in [-0.25, -0.2) is 5.43 Å². The molecule has 112 valence electrons. The zero-order valence-electron chi connectivity index (χ0n) is 11.8. The first kappa shape index (κ1) is 14.4. The van der Waals surface area contributed by atoms with E-state index >= 15 is 0 Å². The molecule has 0 radical (unpaired) electrons. The number of thiocarbonyl (C=S) groups is 1. The van der Waals surface area contributed by atoms with Gasteiger partial charge in [0, 0.05) is 17.5 Å². The van der Waals surface area contributed by atoms with Crippen LogP contribution < -0.4 is 21.5 Å². The van der Waals surface area contributed by atoms with Gasteiger partial charge < -0.3 is 5.32 Å². The molecule has 1 aromatic carbocycles. The third-order valence-corrected chi connectivity index (χ3v) is 4.44. The van der Waals surface area contributed by atoms with Crippen molar-refractivity contribution in [3.8, 4) is 0 Å². The predicted octanol–water partition coefficient (Wildman–Crippen LogP) is 1.28. The second-order valence-corrected chi connectivity index (χ2v) is 6.02. The maximum absolute atomic E-state index is 12.0. The summed E-state index contributed by atoms with van der Waals surface area (Å²) in [4.78, 5) is 12.0. The summed E-state index contributed by atoms with van der Waals surface area (Å²) in [6.07, 6.45) is 4.99. The van der Waals surface area contributed by atoms with Crippen LogP contribution in [0.4, 0.5) is 0 Å². The quantitative estimate of drug-likeness (QED) is 0.620. The number of benzene rings is 1. The molecule has 4 N–H and O–H groups in total. The van der Waals surface area contributed by atoms with Gasteiger partial charge in [-0.15, -0.1) is 0 Å². The van der Waals surface area contributed by atoms with Gasteiger partial charge in [-0.3, -0.25) is 15.5 Å². The van der Waals surface area contributed by atoms with Crippen LogP contribution in [0.1, 0.15) is 36.0 Å². The summed E-state index contributed by atoms with van der Waals surface area (Å²) in [7, 11) is 0. The first-order valence-electron chi connectivity index (χ1n) is 7.42. The molecule has 21 heavy (non-hydrogen) atoms. The molecule has 3 rings (SSSR count). The molecular formula is C15H20N4OS. The lowest BCUT2D eigenvalue weighted by molar-refractivity contribution is 0.0976. The monoisotopic (exact) mass is 304 g/mol. The van der Waals surface area contributed by atoms with E-state index in [9.17, 15) is 4.79 Å². The molecule has 1 aromatic rings. The molecule has 1 aliphatic heterocycles. The molecule has 0 bridgehead atoms. The van der Waals surface area contributed by atoms with Crippen LogP contribution in [0.3, 0.4) is 0 Å². The maximum atomic E-state index is 12.0. The molecule has 1 amide bonds. The van der Waals surface area contributed by atoms with E-state index in [1.165, 1.54) is 25.7 Å². The van der Waals surface area contributed by atoms with Crippen molar-refractivity contribution in [1.29, 1.82) is 0 Å². The van der Waals surface area contributed by atoms with E-state index in [-0.39, 0.29) is 12.1 Å². The van der Waals surface area contributed by atoms with Crippen LogP contribution in [-0.4, -0.2) is 23.2 Å². The highest BCUT2D eigenvalue weighted by molar-refractivity contribution is 7.80. The van der Waals surface area contributed by atoms with Crippen molar-refractivity contribution in [2.75, 3.05) is 0 Å². The van der Waals surface area contributed by atoms with Crippen molar-refractivity contribution in [3.05, 3.63) is 35.9 Å². The Labute approximate surface area is 129 Å². The zero-order valence-corrected chi connectivity index (χ0v) is 12.6. The van der Waals surface area contributed by atoms with Gasteiger partial charge in [-0.05, 0) is 37.2 Å². The summed E-state index contributed by atoms with van der Waals surface area (Å²) in [5.74, 6) is 0.338. The van der Waals surface area contributed by atoms with Gasteiger partial charge in [0.25, 0.3) is 5.91 Å². The van der Waals surface area contributed by atoms with Gasteiger partial charge in [0.15, 0.2) is 5.11 Å². The Bertz CT molecular complexity index is 522. The third kappa shape index (κ3) is 3.40. The Hall–Kier alpha value is -1.50. The van der Waals surface area contributed by atoms with E-state index in [0.717, 1.165) is 0 Å². The van der Waals surface area contributed by atoms with E-state index in [1.54, 1.807) is 12.1 Å². The number of fused-ring (bicyclic) bond motifs is 1. The van der Waals surface area contributed by atoms with Crippen LogP contribution in [0.25, 0.3) is 0 Å². The lowest BCUT2D eigenvalue weighted by Crippen LogP contribution is -2.51. The van der Waals surface area contributed by atoms with Crippen LogP contribution in [0.5, 0.6) is 0 Å². The highest BCUT2D eigenvalue weighted by Gasteiger charge is 2.37. The summed E-state index contributed by atoms with van der Waals surface area (Å²) in [6, 6.07) is 9.59. The Morgan fingerprint density at radius 1 is 1.14 bits per heavy atom. The molecule has 2 fully saturated rings. The molecule has 2 aliphatic rings. The first-order chi connectivity index (χ1) is 10.2. The van der Waals surface area contributed by atoms with E-state index in [2.05, 4.69) is 21.5 Å². The lowest BCUT2D eigenvalue weighted by atomic mass is 9.84. The summed E-state index contributed by atoms with van der Waals surface area (Å²) in [5, 5.41) is 6.31. The molecule has 3 atom stereocenters. The minimum Gasteiger partial charge on any atom is -0.346 e. The van der Waals surface area contributed by atoms with Crippen LogP contribution in [-0.2, 0) is 0 Å². The summed E-state index contributed by atoms with van der Waals surface area (Å²) in [6.45, 7) is 0. The number of amides is 1. The molecule has 1 heterocycles. The molecule has 1 saturated carbocycles. The van der Waals surface area contributed by atoms with Crippen LogP contribution in [0.15, 0.2) is 30.3 Å². The number of hydrazine groups is 1. The molecule has 0 aromatic heterocycles. The van der Waals surface area contributed by atoms with E-state index in [1.807, 2.05) is 18.2 Å². The average molecular weight is 304 g/mol. The van der Waals surface area contributed by atoms with Crippen LogP contribution >= 0.6 is 12.2 Å². The standard InChI is InChI=1S/C15H20N4OS/c20-14(10-6-2-1-3-7-10)17-15(21)16-13-11-8-4-5-9-12(11)18-19-13/h1-3,6-7,11-13,18-19H,4-5,8-9H2,(H2,16,17,20,21). The van der Waals surface area contributed by atoms with Crippen molar-refractivity contribution < 1.29 is 4.79 Å². The van der Waals surface area contributed by atoms with Gasteiger partial charge >= 0.3 is 0 Å². The smallest absolute Gasteiger partial charge is 0.257 e. The Balaban J connectivity index is 1.53. The number of hydrogen-bond donors (Lipinski definition) is 4. The van der Waals surface area contributed by atoms with E-state index in [4.69, 9.17) is 12.2 Å². The van der Waals surface area contributed by atoms with Gasteiger partial charge in [0.1, 0.15) is 0 Å². The normalized spacial score (nSPS) is 27.7. The minimum atomic E-state index is -0.181. The highest BCUT2D eigenvalue weighted by Crippen LogP contribution is 2.28. The minimum absolute atomic E-state index is 0.0823. The van der Waals surface area contributed by atoms with Gasteiger partial charge in [0.05, 0.1) is 6.17 Å². The van der Waals surface area contributed by atoms with Gasteiger partial charge in [-0.2, -0.15) is 0 Å². The second-order valence-electron chi connectivity index (χ2n) is 5.61. The largest absolute Gasteiger partial charge is 0.346 e. The Morgan fingerprint density at radius 2 is 1.90 bits per heavy atom.